The lowest BCUT2D eigenvalue weighted by atomic mass is 9.81. The maximum absolute atomic E-state index is 5.51. The van der Waals surface area contributed by atoms with E-state index < -0.39 is 0 Å². The Kier molecular flexibility index (Phi) is 7.81. The van der Waals surface area contributed by atoms with Gasteiger partial charge < -0.3 is 9.13 Å². The molecule has 1 aliphatic rings. The quantitative estimate of drug-likeness (QED) is 0.177. The van der Waals surface area contributed by atoms with E-state index in [4.69, 9.17) is 9.97 Å². The Hall–Kier alpha value is -8.86. The standard InChI is InChI=1S/C65H42N4/c1-65(2)54-22-10-7-19-48(54)49-31-29-42(36-55(49)65)62-63(67-57-24-12-11-23-56(57)66-62)44-33-41-16-4-5-17-46(41)60(38-44)69-59-26-14-9-21-51(59)53-35-40-27-30-45(34-43(40)37-61(53)69)68-58-25-13-8-20-50(58)52-32-28-39-15-3-6-18-47(39)64(52)68/h3-38H,1-2H3. The zero-order valence-corrected chi connectivity index (χ0v) is 38.1. The topological polar surface area (TPSA) is 35.6 Å². The summed E-state index contributed by atoms with van der Waals surface area (Å²) in [4.78, 5) is 11.0. The van der Waals surface area contributed by atoms with Crippen molar-refractivity contribution < 1.29 is 0 Å². The summed E-state index contributed by atoms with van der Waals surface area (Å²) in [6.07, 6.45) is 0. The molecule has 4 heteroatoms. The second-order valence-corrected chi connectivity index (χ2v) is 19.3. The molecular formula is C65H42N4. The number of hydrogen-bond acceptors (Lipinski definition) is 2. The van der Waals surface area contributed by atoms with Gasteiger partial charge in [0.15, 0.2) is 0 Å². The number of para-hydroxylation sites is 4. The molecule has 3 heterocycles. The Balaban J connectivity index is 0.975. The number of hydrogen-bond donors (Lipinski definition) is 0. The van der Waals surface area contributed by atoms with E-state index in [0.717, 1.165) is 61.3 Å². The number of rotatable bonds is 4. The van der Waals surface area contributed by atoms with Crippen molar-refractivity contribution in [2.45, 2.75) is 19.3 Å². The van der Waals surface area contributed by atoms with Crippen LogP contribution in [0.3, 0.4) is 0 Å². The van der Waals surface area contributed by atoms with Gasteiger partial charge in [-0.05, 0) is 111 Å². The van der Waals surface area contributed by atoms with E-state index in [0.29, 0.717) is 0 Å². The van der Waals surface area contributed by atoms with Crippen LogP contribution in [0.5, 0.6) is 0 Å². The zero-order chi connectivity index (χ0) is 45.5. The van der Waals surface area contributed by atoms with E-state index in [1.54, 1.807) is 0 Å². The van der Waals surface area contributed by atoms with Crippen LogP contribution in [-0.4, -0.2) is 19.1 Å². The first kappa shape index (κ1) is 38.3. The van der Waals surface area contributed by atoms with Crippen molar-refractivity contribution in [3.05, 3.63) is 230 Å². The monoisotopic (exact) mass is 878 g/mol. The minimum absolute atomic E-state index is 0.151. The SMILES string of the molecule is CC1(C)c2ccccc2-c2ccc(-c3nc4ccccc4nc3-c3cc(-n4c5ccccc5c5cc6ccc(-n7c8ccccc8c8ccc9ccccc9c87)cc6cc54)c4ccccc4c3)cc21. The Bertz CT molecular complexity index is 4530. The summed E-state index contributed by atoms with van der Waals surface area (Å²) in [5, 5.41) is 12.1. The van der Waals surface area contributed by atoms with Gasteiger partial charge in [-0.1, -0.05) is 166 Å². The van der Waals surface area contributed by atoms with E-state index in [9.17, 15) is 0 Å². The number of nitrogens with zero attached hydrogens (tertiary/aromatic N) is 4. The van der Waals surface area contributed by atoms with E-state index in [1.807, 2.05) is 0 Å². The third-order valence-electron chi connectivity index (χ3n) is 15.2. The van der Waals surface area contributed by atoms with Crippen molar-refractivity contribution >= 4 is 87.0 Å². The predicted molar refractivity (Wildman–Crippen MR) is 289 cm³/mol. The molecule has 322 valence electrons. The van der Waals surface area contributed by atoms with Crippen molar-refractivity contribution in [2.75, 3.05) is 0 Å². The molecule has 14 aromatic rings. The van der Waals surface area contributed by atoms with Gasteiger partial charge in [-0.25, -0.2) is 9.97 Å². The number of fused-ring (bicyclic) bond motifs is 14. The molecule has 0 amide bonds. The van der Waals surface area contributed by atoms with Crippen LogP contribution in [0.25, 0.3) is 132 Å². The largest absolute Gasteiger partial charge is 0.309 e. The summed E-state index contributed by atoms with van der Waals surface area (Å²) in [5.74, 6) is 0. The Morgan fingerprint density at radius 1 is 0.348 bits per heavy atom. The molecule has 4 nitrogen and oxygen atoms in total. The van der Waals surface area contributed by atoms with Crippen LogP contribution < -0.4 is 0 Å². The average molecular weight is 879 g/mol. The molecule has 0 saturated heterocycles. The van der Waals surface area contributed by atoms with Crippen LogP contribution in [0.15, 0.2) is 218 Å². The molecule has 0 bridgehead atoms. The van der Waals surface area contributed by atoms with Crippen LogP contribution >= 0.6 is 0 Å². The minimum atomic E-state index is -0.151. The van der Waals surface area contributed by atoms with Crippen molar-refractivity contribution in [2.24, 2.45) is 0 Å². The fourth-order valence-electron chi connectivity index (χ4n) is 12.0. The molecule has 69 heavy (non-hydrogen) atoms. The van der Waals surface area contributed by atoms with Crippen LogP contribution in [0, 0.1) is 0 Å². The predicted octanol–water partition coefficient (Wildman–Crippen LogP) is 16.9. The molecule has 0 spiro atoms. The Morgan fingerprint density at radius 3 is 1.78 bits per heavy atom. The second-order valence-electron chi connectivity index (χ2n) is 19.3. The maximum atomic E-state index is 5.51. The Morgan fingerprint density at radius 2 is 0.971 bits per heavy atom. The molecule has 15 rings (SSSR count). The molecular weight excluding hydrogens is 837 g/mol. The lowest BCUT2D eigenvalue weighted by Crippen LogP contribution is -2.15. The molecule has 0 atom stereocenters. The summed E-state index contributed by atoms with van der Waals surface area (Å²) in [6.45, 7) is 4.68. The van der Waals surface area contributed by atoms with Gasteiger partial charge in [-0.15, -0.1) is 0 Å². The lowest BCUT2D eigenvalue weighted by Gasteiger charge is -2.22. The highest BCUT2D eigenvalue weighted by atomic mass is 15.0. The minimum Gasteiger partial charge on any atom is -0.309 e. The first-order valence-corrected chi connectivity index (χ1v) is 23.9. The average Bonchev–Trinajstić information content (AvgIpc) is 3.99. The highest BCUT2D eigenvalue weighted by Gasteiger charge is 2.35. The van der Waals surface area contributed by atoms with Crippen LogP contribution in [0.4, 0.5) is 0 Å². The molecule has 1 aliphatic carbocycles. The third-order valence-corrected chi connectivity index (χ3v) is 15.2. The molecule has 0 unspecified atom stereocenters. The van der Waals surface area contributed by atoms with Gasteiger partial charge in [0.2, 0.25) is 0 Å². The van der Waals surface area contributed by atoms with Gasteiger partial charge in [0.1, 0.15) is 0 Å². The molecule has 0 aliphatic heterocycles. The summed E-state index contributed by atoms with van der Waals surface area (Å²) >= 11 is 0. The van der Waals surface area contributed by atoms with E-state index in [-0.39, 0.29) is 5.41 Å². The molecule has 3 aromatic heterocycles. The highest BCUT2D eigenvalue weighted by molar-refractivity contribution is 6.19. The summed E-state index contributed by atoms with van der Waals surface area (Å²) in [7, 11) is 0. The van der Waals surface area contributed by atoms with Crippen molar-refractivity contribution in [1.82, 2.24) is 19.1 Å². The zero-order valence-electron chi connectivity index (χ0n) is 38.1. The fraction of sp³-hybridized carbons (Fsp3) is 0.0462. The molecule has 0 fully saturated rings. The van der Waals surface area contributed by atoms with Crippen molar-refractivity contribution in [3.8, 4) is 45.0 Å². The highest BCUT2D eigenvalue weighted by Crippen LogP contribution is 2.50. The van der Waals surface area contributed by atoms with Crippen molar-refractivity contribution in [1.29, 1.82) is 0 Å². The Labute approximate surface area is 398 Å². The van der Waals surface area contributed by atoms with E-state index in [2.05, 4.69) is 241 Å². The lowest BCUT2D eigenvalue weighted by molar-refractivity contribution is 0.660. The normalized spacial score (nSPS) is 13.2. The van der Waals surface area contributed by atoms with Crippen molar-refractivity contribution in [3.63, 3.8) is 0 Å². The number of benzene rings is 11. The smallest absolute Gasteiger partial charge is 0.0974 e. The first-order chi connectivity index (χ1) is 34.0. The van der Waals surface area contributed by atoms with Crippen LogP contribution in [-0.2, 0) is 5.41 Å². The van der Waals surface area contributed by atoms with Gasteiger partial charge in [0.25, 0.3) is 0 Å². The molecule has 0 saturated carbocycles. The van der Waals surface area contributed by atoms with E-state index in [1.165, 1.54) is 81.8 Å². The van der Waals surface area contributed by atoms with Gasteiger partial charge in [0.05, 0.1) is 50.2 Å². The van der Waals surface area contributed by atoms with Gasteiger partial charge >= 0.3 is 0 Å². The fourth-order valence-corrected chi connectivity index (χ4v) is 12.0. The second kappa shape index (κ2) is 14.1. The van der Waals surface area contributed by atoms with Crippen LogP contribution in [0.2, 0.25) is 0 Å². The van der Waals surface area contributed by atoms with Gasteiger partial charge in [-0.3, -0.25) is 0 Å². The van der Waals surface area contributed by atoms with E-state index >= 15 is 0 Å². The third kappa shape index (κ3) is 5.46. The van der Waals surface area contributed by atoms with Gasteiger partial charge in [-0.2, -0.15) is 0 Å². The summed E-state index contributed by atoms with van der Waals surface area (Å²) in [6, 6.07) is 80.2. The summed E-state index contributed by atoms with van der Waals surface area (Å²) < 4.78 is 4.95. The molecule has 0 radical (unpaired) electrons. The molecule has 0 N–H and O–H groups in total. The van der Waals surface area contributed by atoms with Crippen LogP contribution in [0.1, 0.15) is 25.0 Å². The maximum Gasteiger partial charge on any atom is 0.0974 e. The molecule has 11 aromatic carbocycles. The first-order valence-electron chi connectivity index (χ1n) is 23.9. The number of aromatic nitrogens is 4. The summed E-state index contributed by atoms with van der Waals surface area (Å²) in [5.41, 5.74) is 17.7. The van der Waals surface area contributed by atoms with Gasteiger partial charge in [0, 0.05) is 54.5 Å².